The van der Waals surface area contributed by atoms with Crippen molar-refractivity contribution in [2.24, 2.45) is 0 Å². The second-order valence-electron chi connectivity index (χ2n) is 5.88. The first-order valence-corrected chi connectivity index (χ1v) is 7.99. The number of piperidine rings is 1. The first kappa shape index (κ1) is 16.6. The van der Waals surface area contributed by atoms with Crippen molar-refractivity contribution in [3.05, 3.63) is 23.8 Å². The fraction of sp³-hybridized carbons (Fsp3) is 0.588. The first-order chi connectivity index (χ1) is 10.6. The van der Waals surface area contributed by atoms with Gasteiger partial charge >= 0.3 is 0 Å². The third-order valence-electron chi connectivity index (χ3n) is 4.25. The molecule has 0 unspecified atom stereocenters. The minimum Gasteiger partial charge on any atom is -0.497 e. The van der Waals surface area contributed by atoms with Crippen molar-refractivity contribution >= 4 is 5.91 Å². The van der Waals surface area contributed by atoms with E-state index in [4.69, 9.17) is 9.47 Å². The molecule has 1 aromatic carbocycles. The van der Waals surface area contributed by atoms with Crippen LogP contribution in [0.25, 0.3) is 0 Å². The number of rotatable bonds is 6. The monoisotopic (exact) mass is 307 g/mol. The Balaban J connectivity index is 1.98. The quantitative estimate of drug-likeness (QED) is 0.823. The molecular weight excluding hydrogens is 280 g/mol. The Bertz CT molecular complexity index is 499. The van der Waals surface area contributed by atoms with Crippen LogP contribution >= 0.6 is 0 Å². The first-order valence-electron chi connectivity index (χ1n) is 7.99. The second-order valence-corrected chi connectivity index (χ2v) is 5.88. The predicted octanol–water partition coefficient (Wildman–Crippen LogP) is 0.950. The van der Waals surface area contributed by atoms with Gasteiger partial charge in [-0.15, -0.1) is 0 Å². The van der Waals surface area contributed by atoms with E-state index in [2.05, 4.69) is 5.32 Å². The summed E-state index contributed by atoms with van der Waals surface area (Å²) >= 11 is 0. The van der Waals surface area contributed by atoms with Crippen molar-refractivity contribution in [1.82, 2.24) is 5.32 Å². The summed E-state index contributed by atoms with van der Waals surface area (Å²) in [5.74, 6) is 1.62. The SMILES string of the molecule is COc1ccc(OC)c([C@@H](C)NC(=O)C[NH+]2CCCCC2)c1. The fourth-order valence-electron chi connectivity index (χ4n) is 3.00. The van der Waals surface area contributed by atoms with Gasteiger partial charge in [0, 0.05) is 5.56 Å². The Morgan fingerprint density at radius 1 is 1.23 bits per heavy atom. The van der Waals surface area contributed by atoms with E-state index in [9.17, 15) is 4.79 Å². The van der Waals surface area contributed by atoms with Gasteiger partial charge in [-0.05, 0) is 44.4 Å². The minimum absolute atomic E-state index is 0.0919. The van der Waals surface area contributed by atoms with Crippen LogP contribution in [0.15, 0.2) is 18.2 Å². The molecule has 1 fully saturated rings. The van der Waals surface area contributed by atoms with Crippen LogP contribution in [0.5, 0.6) is 11.5 Å². The van der Waals surface area contributed by atoms with E-state index in [0.717, 1.165) is 30.2 Å². The van der Waals surface area contributed by atoms with E-state index in [1.54, 1.807) is 14.2 Å². The van der Waals surface area contributed by atoms with Gasteiger partial charge in [-0.1, -0.05) is 0 Å². The van der Waals surface area contributed by atoms with E-state index in [1.807, 2.05) is 25.1 Å². The summed E-state index contributed by atoms with van der Waals surface area (Å²) in [5, 5.41) is 3.07. The molecule has 0 saturated carbocycles. The molecule has 22 heavy (non-hydrogen) atoms. The molecule has 0 bridgehead atoms. The summed E-state index contributed by atoms with van der Waals surface area (Å²) < 4.78 is 10.6. The highest BCUT2D eigenvalue weighted by molar-refractivity contribution is 5.77. The molecule has 1 heterocycles. The molecular formula is C17H27N2O3+. The third-order valence-corrected chi connectivity index (χ3v) is 4.25. The van der Waals surface area contributed by atoms with Crippen molar-refractivity contribution < 1.29 is 19.2 Å². The summed E-state index contributed by atoms with van der Waals surface area (Å²) in [5.41, 5.74) is 0.934. The number of methoxy groups -OCH3 is 2. The lowest BCUT2D eigenvalue weighted by atomic mass is 10.1. The number of quaternary nitrogens is 1. The molecule has 1 amide bonds. The van der Waals surface area contributed by atoms with Crippen LogP contribution in [0, 0.1) is 0 Å². The molecule has 1 atom stereocenters. The maximum absolute atomic E-state index is 12.2. The standard InChI is InChI=1S/C17H26N2O3/c1-13(15-11-14(21-2)7-8-16(15)22-3)18-17(20)12-19-9-5-4-6-10-19/h7-8,11,13H,4-6,9-10,12H2,1-3H3,(H,18,20)/p+1/t13-/m1/s1. The lowest BCUT2D eigenvalue weighted by molar-refractivity contribution is -0.896. The highest BCUT2D eigenvalue weighted by Gasteiger charge is 2.20. The average molecular weight is 307 g/mol. The number of likely N-dealkylation sites (tertiary alicyclic amines) is 1. The van der Waals surface area contributed by atoms with E-state index in [1.165, 1.54) is 24.2 Å². The molecule has 0 radical (unpaired) electrons. The number of hydrogen-bond acceptors (Lipinski definition) is 3. The number of nitrogens with one attached hydrogen (secondary N) is 2. The largest absolute Gasteiger partial charge is 0.497 e. The van der Waals surface area contributed by atoms with Crippen LogP contribution < -0.4 is 19.7 Å². The van der Waals surface area contributed by atoms with Gasteiger partial charge < -0.3 is 19.7 Å². The van der Waals surface area contributed by atoms with Gasteiger partial charge in [0.25, 0.3) is 5.91 Å². The minimum atomic E-state index is -0.109. The zero-order chi connectivity index (χ0) is 15.9. The van der Waals surface area contributed by atoms with Crippen molar-refractivity contribution in [2.45, 2.75) is 32.2 Å². The summed E-state index contributed by atoms with van der Waals surface area (Å²) in [7, 11) is 3.27. The van der Waals surface area contributed by atoms with Gasteiger partial charge in [0.15, 0.2) is 6.54 Å². The molecule has 1 aromatic rings. The van der Waals surface area contributed by atoms with Crippen molar-refractivity contribution in [1.29, 1.82) is 0 Å². The molecule has 2 rings (SSSR count). The summed E-state index contributed by atoms with van der Waals surface area (Å²) in [6, 6.07) is 5.53. The highest BCUT2D eigenvalue weighted by Crippen LogP contribution is 2.29. The highest BCUT2D eigenvalue weighted by atomic mass is 16.5. The van der Waals surface area contributed by atoms with Gasteiger partial charge in [-0.3, -0.25) is 4.79 Å². The Labute approximate surface area is 132 Å². The Kier molecular flexibility index (Phi) is 6.07. The number of benzene rings is 1. The lowest BCUT2D eigenvalue weighted by Gasteiger charge is -2.24. The lowest BCUT2D eigenvalue weighted by Crippen LogP contribution is -3.13. The van der Waals surface area contributed by atoms with Crippen LogP contribution in [0.1, 0.15) is 37.8 Å². The topological polar surface area (TPSA) is 52.0 Å². The number of hydrogen-bond donors (Lipinski definition) is 2. The van der Waals surface area contributed by atoms with Gasteiger partial charge in [0.2, 0.25) is 0 Å². The summed E-state index contributed by atoms with van der Waals surface area (Å²) in [6.45, 7) is 4.73. The summed E-state index contributed by atoms with van der Waals surface area (Å²) in [4.78, 5) is 13.6. The van der Waals surface area contributed by atoms with E-state index < -0.39 is 0 Å². The van der Waals surface area contributed by atoms with Gasteiger partial charge in [0.1, 0.15) is 11.5 Å². The van der Waals surface area contributed by atoms with E-state index in [0.29, 0.717) is 6.54 Å². The smallest absolute Gasteiger partial charge is 0.275 e. The number of carbonyl (C=O) groups excluding carboxylic acids is 1. The van der Waals surface area contributed by atoms with E-state index in [-0.39, 0.29) is 11.9 Å². The second kappa shape index (κ2) is 8.03. The van der Waals surface area contributed by atoms with Crippen LogP contribution in [0.2, 0.25) is 0 Å². The Morgan fingerprint density at radius 2 is 1.95 bits per heavy atom. The molecule has 122 valence electrons. The molecule has 1 saturated heterocycles. The fourth-order valence-corrected chi connectivity index (χ4v) is 3.00. The molecule has 1 aliphatic heterocycles. The Morgan fingerprint density at radius 3 is 2.59 bits per heavy atom. The summed E-state index contributed by atoms with van der Waals surface area (Å²) in [6.07, 6.45) is 3.74. The normalized spacial score (nSPS) is 16.9. The van der Waals surface area contributed by atoms with Crippen LogP contribution in [-0.4, -0.2) is 39.8 Å². The maximum atomic E-state index is 12.2. The van der Waals surface area contributed by atoms with Crippen LogP contribution in [0.4, 0.5) is 0 Å². The zero-order valence-corrected chi connectivity index (χ0v) is 13.8. The Hall–Kier alpha value is -1.75. The molecule has 5 nitrogen and oxygen atoms in total. The van der Waals surface area contributed by atoms with Gasteiger partial charge in [0.05, 0.1) is 33.4 Å². The van der Waals surface area contributed by atoms with Crippen molar-refractivity contribution in [2.75, 3.05) is 33.9 Å². The molecule has 0 aliphatic carbocycles. The molecule has 2 N–H and O–H groups in total. The van der Waals surface area contributed by atoms with Crippen LogP contribution in [-0.2, 0) is 4.79 Å². The van der Waals surface area contributed by atoms with E-state index >= 15 is 0 Å². The molecule has 0 spiro atoms. The molecule has 5 heteroatoms. The molecule has 1 aliphatic rings. The van der Waals surface area contributed by atoms with Crippen molar-refractivity contribution in [3.63, 3.8) is 0 Å². The number of ether oxygens (including phenoxy) is 2. The predicted molar refractivity (Wildman–Crippen MR) is 85.5 cm³/mol. The molecule has 0 aromatic heterocycles. The third kappa shape index (κ3) is 4.37. The van der Waals surface area contributed by atoms with Crippen LogP contribution in [0.3, 0.4) is 0 Å². The maximum Gasteiger partial charge on any atom is 0.275 e. The zero-order valence-electron chi connectivity index (χ0n) is 13.8. The average Bonchev–Trinajstić information content (AvgIpc) is 2.54. The number of amides is 1. The van der Waals surface area contributed by atoms with Gasteiger partial charge in [-0.2, -0.15) is 0 Å². The van der Waals surface area contributed by atoms with Gasteiger partial charge in [-0.25, -0.2) is 0 Å². The number of carbonyl (C=O) groups is 1. The van der Waals surface area contributed by atoms with Crippen molar-refractivity contribution in [3.8, 4) is 11.5 Å².